The van der Waals surface area contributed by atoms with Crippen molar-refractivity contribution in [1.29, 1.82) is 0 Å². The fourth-order valence-corrected chi connectivity index (χ4v) is 2.51. The Bertz CT molecular complexity index is 346. The van der Waals surface area contributed by atoms with E-state index in [0.717, 1.165) is 0 Å². The summed E-state index contributed by atoms with van der Waals surface area (Å²) in [6.07, 6.45) is 7.84. The Hall–Kier alpha value is -1.31. The first-order valence-corrected chi connectivity index (χ1v) is 6.10. The average molecular weight is 218 g/mol. The van der Waals surface area contributed by atoms with Gasteiger partial charge in [0.05, 0.1) is 5.56 Å². The number of aromatic carboxylic acids is 1. The van der Waals surface area contributed by atoms with Crippen LogP contribution in [0.5, 0.6) is 0 Å². The molecule has 0 bridgehead atoms. The molecule has 1 aromatic carbocycles. The van der Waals surface area contributed by atoms with Crippen LogP contribution in [0.4, 0.5) is 0 Å². The summed E-state index contributed by atoms with van der Waals surface area (Å²) in [6.45, 7) is 0. The maximum absolute atomic E-state index is 10.7. The number of hydrogen-bond donors (Lipinski definition) is 1. The van der Waals surface area contributed by atoms with Gasteiger partial charge >= 0.3 is 5.97 Å². The molecule has 2 heteroatoms. The highest BCUT2D eigenvalue weighted by atomic mass is 16.4. The van der Waals surface area contributed by atoms with Crippen molar-refractivity contribution in [3.8, 4) is 0 Å². The molecular formula is C14H18O2. The SMILES string of the molecule is O=C(O)c1ccc(C2CCCCCC2)cc1. The number of benzene rings is 1. The molecule has 1 aliphatic carbocycles. The highest BCUT2D eigenvalue weighted by Gasteiger charge is 2.14. The summed E-state index contributed by atoms with van der Waals surface area (Å²) < 4.78 is 0. The van der Waals surface area contributed by atoms with Crippen LogP contribution >= 0.6 is 0 Å². The standard InChI is InChI=1S/C14H18O2/c15-14(16)13-9-7-12(8-10-13)11-5-3-1-2-4-6-11/h7-11H,1-6H2,(H,15,16). The Morgan fingerprint density at radius 3 is 2.06 bits per heavy atom. The first-order valence-electron chi connectivity index (χ1n) is 6.10. The van der Waals surface area contributed by atoms with Crippen LogP contribution in [0.15, 0.2) is 24.3 Å². The van der Waals surface area contributed by atoms with Crippen LogP contribution in [0.2, 0.25) is 0 Å². The van der Waals surface area contributed by atoms with Gasteiger partial charge in [0.15, 0.2) is 0 Å². The molecule has 0 unspecified atom stereocenters. The summed E-state index contributed by atoms with van der Waals surface area (Å²) in [5.41, 5.74) is 1.70. The van der Waals surface area contributed by atoms with E-state index in [0.29, 0.717) is 11.5 Å². The highest BCUT2D eigenvalue weighted by Crippen LogP contribution is 2.31. The topological polar surface area (TPSA) is 37.3 Å². The third-order valence-corrected chi connectivity index (χ3v) is 3.48. The molecule has 2 rings (SSSR count). The lowest BCUT2D eigenvalue weighted by Crippen LogP contribution is -2.00. The Kier molecular flexibility index (Phi) is 3.60. The molecular weight excluding hydrogens is 200 g/mol. The molecule has 1 fully saturated rings. The van der Waals surface area contributed by atoms with Crippen molar-refractivity contribution >= 4 is 5.97 Å². The number of hydrogen-bond acceptors (Lipinski definition) is 1. The van der Waals surface area contributed by atoms with E-state index < -0.39 is 5.97 Å². The summed E-state index contributed by atoms with van der Waals surface area (Å²) in [5.74, 6) is -0.197. The van der Waals surface area contributed by atoms with Crippen molar-refractivity contribution in [2.75, 3.05) is 0 Å². The van der Waals surface area contributed by atoms with Gasteiger partial charge in [-0.3, -0.25) is 0 Å². The lowest BCUT2D eigenvalue weighted by Gasteiger charge is -2.14. The number of carbonyl (C=O) groups is 1. The van der Waals surface area contributed by atoms with Crippen molar-refractivity contribution in [2.45, 2.75) is 44.4 Å². The normalized spacial score (nSPS) is 18.0. The monoisotopic (exact) mass is 218 g/mol. The minimum atomic E-state index is -0.840. The van der Waals surface area contributed by atoms with Crippen LogP contribution in [-0.4, -0.2) is 11.1 Å². The molecule has 0 aliphatic heterocycles. The van der Waals surface area contributed by atoms with Crippen molar-refractivity contribution in [1.82, 2.24) is 0 Å². The van der Waals surface area contributed by atoms with Crippen LogP contribution in [0.1, 0.15) is 60.4 Å². The molecule has 1 saturated carbocycles. The van der Waals surface area contributed by atoms with E-state index in [2.05, 4.69) is 0 Å². The van der Waals surface area contributed by atoms with Gasteiger partial charge in [0, 0.05) is 0 Å². The molecule has 0 spiro atoms. The van der Waals surface area contributed by atoms with Gasteiger partial charge in [-0.15, -0.1) is 0 Å². The van der Waals surface area contributed by atoms with Gasteiger partial charge < -0.3 is 5.11 Å². The zero-order valence-electron chi connectivity index (χ0n) is 9.48. The fourth-order valence-electron chi connectivity index (χ4n) is 2.51. The van der Waals surface area contributed by atoms with Crippen molar-refractivity contribution < 1.29 is 9.90 Å². The molecule has 0 amide bonds. The van der Waals surface area contributed by atoms with E-state index >= 15 is 0 Å². The summed E-state index contributed by atoms with van der Waals surface area (Å²) >= 11 is 0. The Balaban J connectivity index is 2.10. The molecule has 1 aromatic rings. The predicted octanol–water partition coefficient (Wildman–Crippen LogP) is 3.82. The largest absolute Gasteiger partial charge is 0.478 e. The average Bonchev–Trinajstić information content (AvgIpc) is 2.57. The van der Waals surface area contributed by atoms with Crippen molar-refractivity contribution in [2.24, 2.45) is 0 Å². The lowest BCUT2D eigenvalue weighted by molar-refractivity contribution is 0.0697. The van der Waals surface area contributed by atoms with Gasteiger partial charge in [0.25, 0.3) is 0 Å². The molecule has 2 nitrogen and oxygen atoms in total. The molecule has 86 valence electrons. The first kappa shape index (κ1) is 11.2. The molecule has 0 aromatic heterocycles. The first-order chi connectivity index (χ1) is 7.77. The van der Waals surface area contributed by atoms with E-state index in [4.69, 9.17) is 5.11 Å². The molecule has 1 aliphatic rings. The number of rotatable bonds is 2. The zero-order chi connectivity index (χ0) is 11.4. The van der Waals surface area contributed by atoms with Crippen LogP contribution in [0.3, 0.4) is 0 Å². The number of carboxylic acids is 1. The van der Waals surface area contributed by atoms with Crippen LogP contribution < -0.4 is 0 Å². The van der Waals surface area contributed by atoms with Gasteiger partial charge in [-0.2, -0.15) is 0 Å². The van der Waals surface area contributed by atoms with Crippen molar-refractivity contribution in [3.63, 3.8) is 0 Å². The van der Waals surface area contributed by atoms with E-state index in [9.17, 15) is 4.79 Å². The lowest BCUT2D eigenvalue weighted by atomic mass is 9.91. The van der Waals surface area contributed by atoms with Crippen LogP contribution in [0, 0.1) is 0 Å². The van der Waals surface area contributed by atoms with Crippen LogP contribution in [0.25, 0.3) is 0 Å². The molecule has 1 N–H and O–H groups in total. The van der Waals surface area contributed by atoms with Gasteiger partial charge in [-0.1, -0.05) is 37.8 Å². The van der Waals surface area contributed by atoms with Gasteiger partial charge in [0.2, 0.25) is 0 Å². The molecule has 0 saturated heterocycles. The summed E-state index contributed by atoms with van der Waals surface area (Å²) in [4.78, 5) is 10.7. The van der Waals surface area contributed by atoms with E-state index in [1.807, 2.05) is 12.1 Å². The maximum Gasteiger partial charge on any atom is 0.335 e. The van der Waals surface area contributed by atoms with Gasteiger partial charge in [0.1, 0.15) is 0 Å². The summed E-state index contributed by atoms with van der Waals surface area (Å²) in [5, 5.41) is 8.83. The van der Waals surface area contributed by atoms with Crippen molar-refractivity contribution in [3.05, 3.63) is 35.4 Å². The third kappa shape index (κ3) is 2.63. The molecule has 16 heavy (non-hydrogen) atoms. The molecule has 0 heterocycles. The Labute approximate surface area is 96.3 Å². The summed E-state index contributed by atoms with van der Waals surface area (Å²) in [7, 11) is 0. The van der Waals surface area contributed by atoms with Gasteiger partial charge in [-0.05, 0) is 36.5 Å². The fraction of sp³-hybridized carbons (Fsp3) is 0.500. The smallest absolute Gasteiger partial charge is 0.335 e. The number of carboxylic acid groups (broad SMARTS) is 1. The quantitative estimate of drug-likeness (QED) is 0.766. The minimum absolute atomic E-state index is 0.386. The van der Waals surface area contributed by atoms with E-state index in [1.54, 1.807) is 12.1 Å². The Morgan fingerprint density at radius 2 is 1.56 bits per heavy atom. The molecule has 0 atom stereocenters. The second-order valence-electron chi connectivity index (χ2n) is 4.62. The van der Waals surface area contributed by atoms with E-state index in [-0.39, 0.29) is 0 Å². The minimum Gasteiger partial charge on any atom is -0.478 e. The highest BCUT2D eigenvalue weighted by molar-refractivity contribution is 5.87. The second-order valence-corrected chi connectivity index (χ2v) is 4.62. The van der Waals surface area contributed by atoms with E-state index in [1.165, 1.54) is 44.1 Å². The van der Waals surface area contributed by atoms with Gasteiger partial charge in [-0.25, -0.2) is 4.79 Å². The van der Waals surface area contributed by atoms with Crippen LogP contribution in [-0.2, 0) is 0 Å². The molecule has 0 radical (unpaired) electrons. The third-order valence-electron chi connectivity index (χ3n) is 3.48. The second kappa shape index (κ2) is 5.15. The maximum atomic E-state index is 10.7. The Morgan fingerprint density at radius 1 is 1.00 bits per heavy atom. The summed E-state index contributed by atoms with van der Waals surface area (Å²) in [6, 6.07) is 7.42. The zero-order valence-corrected chi connectivity index (χ0v) is 9.48. The predicted molar refractivity (Wildman–Crippen MR) is 63.8 cm³/mol.